The third kappa shape index (κ3) is 3.94. The molecule has 0 spiro atoms. The Morgan fingerprint density at radius 2 is 1.95 bits per heavy atom. The predicted octanol–water partition coefficient (Wildman–Crippen LogP) is 3.67. The Kier molecular flexibility index (Phi) is 4.52. The van der Waals surface area contributed by atoms with Crippen molar-refractivity contribution in [3.8, 4) is 0 Å². The molecular weight excluding hydrogens is 286 g/mol. The molecule has 1 aromatic carbocycles. The highest BCUT2D eigenvalue weighted by atomic mass is 32.1. The summed E-state index contributed by atoms with van der Waals surface area (Å²) in [4.78, 5) is 13.8. The first-order valence-electron chi connectivity index (χ1n) is 7.05. The molecule has 1 N–H and O–H groups in total. The van der Waals surface area contributed by atoms with E-state index in [4.69, 9.17) is 17.0 Å². The van der Waals surface area contributed by atoms with Gasteiger partial charge in [-0.2, -0.15) is 0 Å². The number of carbonyl (C=O) groups is 1. The van der Waals surface area contributed by atoms with Crippen molar-refractivity contribution in [1.29, 1.82) is 0 Å². The van der Waals surface area contributed by atoms with E-state index in [0.717, 1.165) is 5.56 Å². The van der Waals surface area contributed by atoms with Crippen LogP contribution in [0.3, 0.4) is 0 Å². The molecular formula is C16H21NO3S. The molecule has 2 atom stereocenters. The summed E-state index contributed by atoms with van der Waals surface area (Å²) in [5.74, 6) is 0.161. The molecule has 1 aliphatic heterocycles. The fraction of sp³-hybridized carbons (Fsp3) is 0.500. The fourth-order valence-corrected chi connectivity index (χ4v) is 2.78. The highest BCUT2D eigenvalue weighted by molar-refractivity contribution is 7.80. The van der Waals surface area contributed by atoms with Gasteiger partial charge in [0.05, 0.1) is 0 Å². The molecule has 0 aromatic heterocycles. The second-order valence-corrected chi connectivity index (χ2v) is 6.75. The molecule has 114 valence electrons. The van der Waals surface area contributed by atoms with Crippen LogP contribution in [0, 0.1) is 0 Å². The number of carbonyl (C=O) groups excluding carboxylic acids is 1. The van der Waals surface area contributed by atoms with Crippen LogP contribution in [-0.4, -0.2) is 39.3 Å². The highest BCUT2D eigenvalue weighted by Crippen LogP contribution is 2.33. The van der Waals surface area contributed by atoms with Gasteiger partial charge in [0.2, 0.25) is 0 Å². The van der Waals surface area contributed by atoms with Crippen LogP contribution in [0.4, 0.5) is 4.79 Å². The fourth-order valence-electron chi connectivity index (χ4n) is 2.56. The van der Waals surface area contributed by atoms with Gasteiger partial charge in [-0.05, 0) is 45.0 Å². The summed E-state index contributed by atoms with van der Waals surface area (Å²) in [6.07, 6.45) is 0.195. The molecule has 0 radical (unpaired) electrons. The van der Waals surface area contributed by atoms with E-state index in [1.807, 2.05) is 51.1 Å². The number of amides is 1. The molecule has 1 aromatic rings. The zero-order valence-corrected chi connectivity index (χ0v) is 13.4. The molecule has 1 saturated heterocycles. The molecule has 0 unspecified atom stereocenters. The Balaban J connectivity index is 2.16. The van der Waals surface area contributed by atoms with Gasteiger partial charge in [0, 0.05) is 12.5 Å². The first-order chi connectivity index (χ1) is 9.78. The van der Waals surface area contributed by atoms with Gasteiger partial charge in [-0.1, -0.05) is 30.3 Å². The van der Waals surface area contributed by atoms with Gasteiger partial charge in [-0.3, -0.25) is 4.90 Å². The number of ether oxygens (including phenoxy) is 1. The molecule has 0 saturated carbocycles. The SMILES string of the molecule is CC(C)(C)OC(=O)N1C[C@H](c2ccccc2)C[C@@H]1C(O)=S. The normalized spacial score (nSPS) is 22.1. The van der Waals surface area contributed by atoms with E-state index < -0.39 is 17.7 Å². The number of rotatable bonds is 2. The molecule has 1 heterocycles. The monoisotopic (exact) mass is 307 g/mol. The number of hydrogen-bond acceptors (Lipinski definition) is 3. The predicted molar refractivity (Wildman–Crippen MR) is 85.8 cm³/mol. The second kappa shape index (κ2) is 6.02. The van der Waals surface area contributed by atoms with Crippen LogP contribution in [-0.2, 0) is 4.74 Å². The van der Waals surface area contributed by atoms with Crippen LogP contribution >= 0.6 is 12.2 Å². The summed E-state index contributed by atoms with van der Waals surface area (Å²) in [6, 6.07) is 9.50. The van der Waals surface area contributed by atoms with Crippen molar-refractivity contribution in [3.05, 3.63) is 35.9 Å². The van der Waals surface area contributed by atoms with Gasteiger partial charge in [0.15, 0.2) is 5.05 Å². The largest absolute Gasteiger partial charge is 0.500 e. The maximum atomic E-state index is 12.3. The Hall–Kier alpha value is -1.62. The van der Waals surface area contributed by atoms with Crippen molar-refractivity contribution >= 4 is 23.4 Å². The Labute approximate surface area is 130 Å². The zero-order valence-electron chi connectivity index (χ0n) is 12.6. The highest BCUT2D eigenvalue weighted by Gasteiger charge is 2.40. The van der Waals surface area contributed by atoms with Crippen LogP contribution in [0.1, 0.15) is 38.7 Å². The van der Waals surface area contributed by atoms with Gasteiger partial charge < -0.3 is 9.84 Å². The first kappa shape index (κ1) is 15.8. The number of likely N-dealkylation sites (tertiary alicyclic amines) is 1. The van der Waals surface area contributed by atoms with Gasteiger partial charge in [-0.25, -0.2) is 4.79 Å². The van der Waals surface area contributed by atoms with Crippen LogP contribution in [0.5, 0.6) is 0 Å². The molecule has 5 heteroatoms. The quantitative estimate of drug-likeness (QED) is 0.847. The molecule has 21 heavy (non-hydrogen) atoms. The summed E-state index contributed by atoms with van der Waals surface area (Å²) in [5, 5.41) is 9.56. The van der Waals surface area contributed by atoms with Crippen molar-refractivity contribution in [3.63, 3.8) is 0 Å². The number of benzene rings is 1. The maximum Gasteiger partial charge on any atom is 0.410 e. The number of nitrogens with zero attached hydrogens (tertiary/aromatic N) is 1. The molecule has 1 aliphatic rings. The van der Waals surface area contributed by atoms with Crippen LogP contribution in [0.25, 0.3) is 0 Å². The van der Waals surface area contributed by atoms with Crippen LogP contribution in [0.15, 0.2) is 30.3 Å². The topological polar surface area (TPSA) is 49.8 Å². The Morgan fingerprint density at radius 1 is 1.33 bits per heavy atom. The third-order valence-electron chi connectivity index (χ3n) is 3.49. The minimum Gasteiger partial charge on any atom is -0.500 e. The van der Waals surface area contributed by atoms with Crippen LogP contribution in [0.2, 0.25) is 0 Å². The summed E-state index contributed by atoms with van der Waals surface area (Å²) < 4.78 is 5.40. The summed E-state index contributed by atoms with van der Waals surface area (Å²) in [5.41, 5.74) is 0.577. The van der Waals surface area contributed by atoms with E-state index in [1.54, 1.807) is 0 Å². The smallest absolute Gasteiger partial charge is 0.410 e. The lowest BCUT2D eigenvalue weighted by Crippen LogP contribution is -2.42. The molecule has 1 amide bonds. The van der Waals surface area contributed by atoms with Gasteiger partial charge in [0.25, 0.3) is 0 Å². The standard InChI is InChI=1S/C16H21NO3S/c1-16(2,3)20-15(19)17-10-12(9-13(17)14(18)21)11-7-5-4-6-8-11/h4-8,12-13H,9-10H2,1-3H3,(H,18,21)/t12-,13-/m1/s1. The van der Waals surface area contributed by atoms with E-state index in [-0.39, 0.29) is 11.0 Å². The van der Waals surface area contributed by atoms with Crippen molar-refractivity contribution in [2.45, 2.75) is 44.8 Å². The lowest BCUT2D eigenvalue weighted by Gasteiger charge is -2.27. The third-order valence-corrected chi connectivity index (χ3v) is 3.76. The average molecular weight is 307 g/mol. The maximum absolute atomic E-state index is 12.3. The molecule has 4 nitrogen and oxygen atoms in total. The van der Waals surface area contributed by atoms with Crippen molar-refractivity contribution in [2.75, 3.05) is 6.54 Å². The lowest BCUT2D eigenvalue weighted by molar-refractivity contribution is 0.0257. The van der Waals surface area contributed by atoms with E-state index in [9.17, 15) is 9.90 Å². The van der Waals surface area contributed by atoms with Crippen molar-refractivity contribution in [2.24, 2.45) is 0 Å². The zero-order chi connectivity index (χ0) is 15.6. The minimum atomic E-state index is -0.566. The lowest BCUT2D eigenvalue weighted by atomic mass is 9.97. The molecule has 0 aliphatic carbocycles. The van der Waals surface area contributed by atoms with Gasteiger partial charge in [0.1, 0.15) is 11.6 Å². The van der Waals surface area contributed by atoms with E-state index in [2.05, 4.69) is 0 Å². The van der Waals surface area contributed by atoms with Crippen LogP contribution < -0.4 is 0 Å². The summed E-state index contributed by atoms with van der Waals surface area (Å²) >= 11 is 4.90. The van der Waals surface area contributed by atoms with Crippen molar-refractivity contribution < 1.29 is 14.6 Å². The number of hydrogen-bond donors (Lipinski definition) is 1. The van der Waals surface area contributed by atoms with Gasteiger partial charge >= 0.3 is 6.09 Å². The Bertz CT molecular complexity index is 524. The van der Waals surface area contributed by atoms with E-state index >= 15 is 0 Å². The molecule has 1 fully saturated rings. The summed E-state index contributed by atoms with van der Waals surface area (Å²) in [6.45, 7) is 5.97. The molecule has 0 bridgehead atoms. The number of thiocarbonyl (C=S) groups is 1. The Morgan fingerprint density at radius 3 is 2.48 bits per heavy atom. The van der Waals surface area contributed by atoms with E-state index in [1.165, 1.54) is 4.90 Å². The first-order valence-corrected chi connectivity index (χ1v) is 7.46. The summed E-state index contributed by atoms with van der Waals surface area (Å²) in [7, 11) is 0. The number of aliphatic hydroxyl groups is 1. The average Bonchev–Trinajstić information content (AvgIpc) is 2.83. The molecule has 2 rings (SSSR count). The minimum absolute atomic E-state index is 0.153. The number of aliphatic hydroxyl groups excluding tert-OH is 1. The second-order valence-electron chi connectivity index (χ2n) is 6.33. The van der Waals surface area contributed by atoms with Crippen molar-refractivity contribution in [1.82, 2.24) is 4.90 Å². The van der Waals surface area contributed by atoms with Gasteiger partial charge in [-0.15, -0.1) is 0 Å². The van der Waals surface area contributed by atoms with E-state index in [0.29, 0.717) is 13.0 Å².